The summed E-state index contributed by atoms with van der Waals surface area (Å²) in [5.74, 6) is 0.0278. The number of halogens is 1. The molecular formula is C10H14ClN3O. The van der Waals surface area contributed by atoms with Gasteiger partial charge in [-0.2, -0.15) is 0 Å². The molecule has 0 radical (unpaired) electrons. The van der Waals surface area contributed by atoms with Gasteiger partial charge < -0.3 is 11.1 Å². The van der Waals surface area contributed by atoms with E-state index in [1.54, 1.807) is 0 Å². The Morgan fingerprint density at radius 2 is 2.07 bits per heavy atom. The molecule has 5 heteroatoms. The summed E-state index contributed by atoms with van der Waals surface area (Å²) in [6, 6.07) is 2.98. The molecule has 0 fully saturated rings. The van der Waals surface area contributed by atoms with Crippen LogP contribution in [0, 0.1) is 0 Å². The molecule has 0 aliphatic rings. The minimum Gasteiger partial charge on any atom is -0.384 e. The number of rotatable bonds is 1. The molecule has 1 amide bonds. The van der Waals surface area contributed by atoms with Crippen molar-refractivity contribution in [3.05, 3.63) is 22.8 Å². The number of hydrogen-bond acceptors (Lipinski definition) is 3. The quantitative estimate of drug-likeness (QED) is 0.720. The Morgan fingerprint density at radius 3 is 2.53 bits per heavy atom. The molecule has 0 bridgehead atoms. The van der Waals surface area contributed by atoms with Gasteiger partial charge in [0, 0.05) is 11.1 Å². The summed E-state index contributed by atoms with van der Waals surface area (Å²) in [4.78, 5) is 15.5. The second-order valence-corrected chi connectivity index (χ2v) is 4.69. The lowest BCUT2D eigenvalue weighted by molar-refractivity contribution is 0.0919. The minimum atomic E-state index is -0.290. The molecule has 1 aromatic heterocycles. The van der Waals surface area contributed by atoms with Gasteiger partial charge in [-0.3, -0.25) is 4.79 Å². The Labute approximate surface area is 93.8 Å². The Morgan fingerprint density at radius 1 is 1.47 bits per heavy atom. The Kier molecular flexibility index (Phi) is 3.19. The lowest BCUT2D eigenvalue weighted by Crippen LogP contribution is -2.40. The van der Waals surface area contributed by atoms with Crippen molar-refractivity contribution < 1.29 is 4.79 Å². The van der Waals surface area contributed by atoms with E-state index in [9.17, 15) is 4.79 Å². The average Bonchev–Trinajstić information content (AvgIpc) is 1.98. The maximum Gasteiger partial charge on any atom is 0.251 e. The molecule has 15 heavy (non-hydrogen) atoms. The topological polar surface area (TPSA) is 68.0 Å². The van der Waals surface area contributed by atoms with E-state index in [0.717, 1.165) is 0 Å². The third kappa shape index (κ3) is 3.75. The van der Waals surface area contributed by atoms with Gasteiger partial charge >= 0.3 is 0 Å². The maximum absolute atomic E-state index is 11.7. The molecule has 1 rings (SSSR count). The molecule has 0 aliphatic heterocycles. The van der Waals surface area contributed by atoms with Crippen LogP contribution in [0.2, 0.25) is 5.15 Å². The largest absolute Gasteiger partial charge is 0.384 e. The first-order valence-corrected chi connectivity index (χ1v) is 4.91. The van der Waals surface area contributed by atoms with Crippen LogP contribution in [0.25, 0.3) is 0 Å². The van der Waals surface area contributed by atoms with Gasteiger partial charge in [-0.15, -0.1) is 0 Å². The minimum absolute atomic E-state index is 0.210. The van der Waals surface area contributed by atoms with Crippen molar-refractivity contribution in [2.45, 2.75) is 26.3 Å². The van der Waals surface area contributed by atoms with Crippen molar-refractivity contribution in [3.8, 4) is 0 Å². The molecule has 0 saturated heterocycles. The zero-order chi connectivity index (χ0) is 11.6. The number of carbonyl (C=O) groups is 1. The Bertz CT molecular complexity index is 364. The molecule has 0 aromatic carbocycles. The number of pyridine rings is 1. The summed E-state index contributed by atoms with van der Waals surface area (Å²) in [6.07, 6.45) is 0. The smallest absolute Gasteiger partial charge is 0.251 e. The molecule has 82 valence electrons. The highest BCUT2D eigenvalue weighted by atomic mass is 35.5. The van der Waals surface area contributed by atoms with Crippen LogP contribution in [0.4, 0.5) is 5.82 Å². The van der Waals surface area contributed by atoms with Crippen molar-refractivity contribution in [3.63, 3.8) is 0 Å². The van der Waals surface area contributed by atoms with E-state index in [0.29, 0.717) is 5.56 Å². The fourth-order valence-corrected chi connectivity index (χ4v) is 1.28. The zero-order valence-corrected chi connectivity index (χ0v) is 9.72. The lowest BCUT2D eigenvalue weighted by Gasteiger charge is -2.20. The molecule has 4 nitrogen and oxygen atoms in total. The van der Waals surface area contributed by atoms with E-state index >= 15 is 0 Å². The standard InChI is InChI=1S/C10H14ClN3O/c1-10(2,3)14-9(15)6-4-7(11)13-8(12)5-6/h4-5H,1-3H3,(H2,12,13)(H,14,15). The monoisotopic (exact) mass is 227 g/mol. The number of amides is 1. The number of hydrogen-bond donors (Lipinski definition) is 2. The van der Waals surface area contributed by atoms with E-state index in [4.69, 9.17) is 17.3 Å². The van der Waals surface area contributed by atoms with Crippen LogP contribution < -0.4 is 11.1 Å². The van der Waals surface area contributed by atoms with Gasteiger partial charge in [-0.25, -0.2) is 4.98 Å². The van der Waals surface area contributed by atoms with Crippen molar-refractivity contribution in [2.75, 3.05) is 5.73 Å². The summed E-state index contributed by atoms with van der Waals surface area (Å²) in [7, 11) is 0. The molecule has 0 spiro atoms. The number of nitrogens with one attached hydrogen (secondary N) is 1. The Hall–Kier alpha value is -1.29. The highest BCUT2D eigenvalue weighted by Crippen LogP contribution is 2.13. The highest BCUT2D eigenvalue weighted by Gasteiger charge is 2.16. The van der Waals surface area contributed by atoms with Gasteiger partial charge in [0.25, 0.3) is 5.91 Å². The van der Waals surface area contributed by atoms with Crippen LogP contribution in [-0.2, 0) is 0 Å². The fraction of sp³-hybridized carbons (Fsp3) is 0.400. The molecule has 1 aromatic rings. The summed E-state index contributed by atoms with van der Waals surface area (Å²) in [5.41, 5.74) is 5.61. The molecular weight excluding hydrogens is 214 g/mol. The molecule has 0 saturated carbocycles. The molecule has 0 aliphatic carbocycles. The number of nitrogens with two attached hydrogens (primary N) is 1. The van der Waals surface area contributed by atoms with Crippen molar-refractivity contribution >= 4 is 23.3 Å². The second kappa shape index (κ2) is 4.06. The third-order valence-corrected chi connectivity index (χ3v) is 1.76. The molecule has 0 atom stereocenters. The highest BCUT2D eigenvalue weighted by molar-refractivity contribution is 6.29. The predicted molar refractivity (Wildman–Crippen MR) is 60.9 cm³/mol. The Balaban J connectivity index is 2.92. The first-order valence-electron chi connectivity index (χ1n) is 4.53. The summed E-state index contributed by atoms with van der Waals surface area (Å²) < 4.78 is 0. The summed E-state index contributed by atoms with van der Waals surface area (Å²) >= 11 is 5.69. The summed E-state index contributed by atoms with van der Waals surface area (Å²) in [6.45, 7) is 5.70. The maximum atomic E-state index is 11.7. The van der Waals surface area contributed by atoms with Crippen LogP contribution >= 0.6 is 11.6 Å². The average molecular weight is 228 g/mol. The van der Waals surface area contributed by atoms with Crippen LogP contribution in [0.3, 0.4) is 0 Å². The summed E-state index contributed by atoms with van der Waals surface area (Å²) in [5, 5.41) is 3.03. The van der Waals surface area contributed by atoms with E-state index < -0.39 is 0 Å². The van der Waals surface area contributed by atoms with Crippen LogP contribution in [0.15, 0.2) is 12.1 Å². The van der Waals surface area contributed by atoms with E-state index in [-0.39, 0.29) is 22.4 Å². The van der Waals surface area contributed by atoms with Gasteiger partial charge in [0.1, 0.15) is 11.0 Å². The first kappa shape index (κ1) is 11.8. The number of aromatic nitrogens is 1. The van der Waals surface area contributed by atoms with Gasteiger partial charge in [-0.05, 0) is 32.9 Å². The van der Waals surface area contributed by atoms with Crippen LogP contribution in [0.5, 0.6) is 0 Å². The van der Waals surface area contributed by atoms with Crippen LogP contribution in [0.1, 0.15) is 31.1 Å². The van der Waals surface area contributed by atoms with Gasteiger partial charge in [0.05, 0.1) is 0 Å². The van der Waals surface area contributed by atoms with Crippen molar-refractivity contribution in [1.82, 2.24) is 10.3 Å². The fourth-order valence-electron chi connectivity index (χ4n) is 1.06. The van der Waals surface area contributed by atoms with E-state index in [1.807, 2.05) is 20.8 Å². The van der Waals surface area contributed by atoms with Gasteiger partial charge in [0.15, 0.2) is 0 Å². The van der Waals surface area contributed by atoms with Crippen molar-refractivity contribution in [2.24, 2.45) is 0 Å². The normalized spacial score (nSPS) is 11.2. The van der Waals surface area contributed by atoms with Gasteiger partial charge in [0.2, 0.25) is 0 Å². The molecule has 0 unspecified atom stereocenters. The van der Waals surface area contributed by atoms with Crippen molar-refractivity contribution in [1.29, 1.82) is 0 Å². The zero-order valence-electron chi connectivity index (χ0n) is 8.97. The van der Waals surface area contributed by atoms with Gasteiger partial charge in [-0.1, -0.05) is 11.6 Å². The number of carbonyl (C=O) groups excluding carboxylic acids is 1. The lowest BCUT2D eigenvalue weighted by atomic mass is 10.1. The molecule has 3 N–H and O–H groups in total. The number of anilines is 1. The van der Waals surface area contributed by atoms with E-state index in [2.05, 4.69) is 10.3 Å². The third-order valence-electron chi connectivity index (χ3n) is 1.56. The second-order valence-electron chi connectivity index (χ2n) is 4.31. The van der Waals surface area contributed by atoms with Crippen LogP contribution in [-0.4, -0.2) is 16.4 Å². The number of nitrogen functional groups attached to an aromatic ring is 1. The predicted octanol–water partition coefficient (Wildman–Crippen LogP) is 1.85. The SMILES string of the molecule is CC(C)(C)NC(=O)c1cc(N)nc(Cl)c1. The number of nitrogens with zero attached hydrogens (tertiary/aromatic N) is 1. The first-order chi connectivity index (χ1) is 6.78. The molecule has 1 heterocycles. The van der Waals surface area contributed by atoms with E-state index in [1.165, 1.54) is 12.1 Å².